The van der Waals surface area contributed by atoms with E-state index in [4.69, 9.17) is 17.3 Å². The molecule has 1 saturated carbocycles. The minimum atomic E-state index is -0.0743. The van der Waals surface area contributed by atoms with E-state index >= 15 is 0 Å². The summed E-state index contributed by atoms with van der Waals surface area (Å²) in [5.41, 5.74) is 6.46. The topological polar surface area (TPSA) is 59.2 Å². The average Bonchev–Trinajstić information content (AvgIpc) is 3.07. The number of carbonyl (C=O) groups excluding carboxylic acids is 1. The molecule has 4 nitrogen and oxygen atoms in total. The summed E-state index contributed by atoms with van der Waals surface area (Å²) in [6, 6.07) is 1.96. The van der Waals surface area contributed by atoms with Crippen LogP contribution < -0.4 is 5.73 Å². The van der Waals surface area contributed by atoms with Crippen LogP contribution in [0.4, 0.5) is 5.69 Å². The molecule has 1 heterocycles. The van der Waals surface area contributed by atoms with Crippen LogP contribution in [0.3, 0.4) is 0 Å². The van der Waals surface area contributed by atoms with Gasteiger partial charge in [-0.1, -0.05) is 11.6 Å². The fourth-order valence-electron chi connectivity index (χ4n) is 1.72. The van der Waals surface area contributed by atoms with Crippen LogP contribution in [-0.4, -0.2) is 28.4 Å². The Balaban J connectivity index is 2.28. The third kappa shape index (κ3) is 2.11. The Morgan fingerprint density at radius 3 is 2.94 bits per heavy atom. The number of hydrogen-bond acceptors (Lipinski definition) is 3. The zero-order valence-corrected chi connectivity index (χ0v) is 9.87. The molecular formula is C11H14ClN3O. The number of anilines is 1. The molecule has 1 amide bonds. The van der Waals surface area contributed by atoms with E-state index in [1.54, 1.807) is 6.07 Å². The quantitative estimate of drug-likeness (QED) is 0.821. The zero-order chi connectivity index (χ0) is 11.7. The molecule has 0 atom stereocenters. The smallest absolute Gasteiger partial charge is 0.257 e. The second-order valence-electron chi connectivity index (χ2n) is 3.93. The number of carbonyl (C=O) groups is 1. The highest BCUT2D eigenvalue weighted by atomic mass is 35.5. The van der Waals surface area contributed by atoms with Gasteiger partial charge in [0.15, 0.2) is 0 Å². The summed E-state index contributed by atoms with van der Waals surface area (Å²) in [6.07, 6.45) is 3.60. The number of rotatable bonds is 3. The van der Waals surface area contributed by atoms with Crippen LogP contribution in [0, 0.1) is 0 Å². The van der Waals surface area contributed by atoms with Crippen molar-refractivity contribution in [1.82, 2.24) is 9.88 Å². The molecule has 1 aliphatic rings. The van der Waals surface area contributed by atoms with Crippen molar-refractivity contribution in [2.24, 2.45) is 0 Å². The molecule has 1 aromatic heterocycles. The van der Waals surface area contributed by atoms with Gasteiger partial charge in [-0.3, -0.25) is 4.79 Å². The van der Waals surface area contributed by atoms with Crippen LogP contribution in [0.25, 0.3) is 0 Å². The minimum Gasteiger partial charge on any atom is -0.397 e. The van der Waals surface area contributed by atoms with Crippen molar-refractivity contribution in [3.05, 3.63) is 23.0 Å². The summed E-state index contributed by atoms with van der Waals surface area (Å²) < 4.78 is 0. The number of amides is 1. The van der Waals surface area contributed by atoms with Crippen molar-refractivity contribution < 1.29 is 4.79 Å². The fraction of sp³-hybridized carbons (Fsp3) is 0.455. The summed E-state index contributed by atoms with van der Waals surface area (Å²) in [5.74, 6) is -0.0743. The zero-order valence-electron chi connectivity index (χ0n) is 9.11. The maximum Gasteiger partial charge on any atom is 0.257 e. The lowest BCUT2D eigenvalue weighted by atomic mass is 10.2. The first-order valence-corrected chi connectivity index (χ1v) is 5.73. The van der Waals surface area contributed by atoms with Gasteiger partial charge in [-0.25, -0.2) is 4.98 Å². The molecule has 2 rings (SSSR count). The molecule has 2 N–H and O–H groups in total. The van der Waals surface area contributed by atoms with Gasteiger partial charge in [0.2, 0.25) is 0 Å². The van der Waals surface area contributed by atoms with Crippen LogP contribution in [0.1, 0.15) is 30.1 Å². The molecule has 0 radical (unpaired) electrons. The Labute approximate surface area is 99.4 Å². The van der Waals surface area contributed by atoms with Gasteiger partial charge in [0.25, 0.3) is 5.91 Å². The van der Waals surface area contributed by atoms with Gasteiger partial charge in [0, 0.05) is 12.6 Å². The summed E-state index contributed by atoms with van der Waals surface area (Å²) in [4.78, 5) is 17.9. The van der Waals surface area contributed by atoms with Crippen molar-refractivity contribution in [3.8, 4) is 0 Å². The lowest BCUT2D eigenvalue weighted by molar-refractivity contribution is 0.0752. The molecule has 86 valence electrons. The van der Waals surface area contributed by atoms with Crippen molar-refractivity contribution in [2.45, 2.75) is 25.8 Å². The molecule has 0 bridgehead atoms. The number of nitrogens with zero attached hydrogens (tertiary/aromatic N) is 2. The van der Waals surface area contributed by atoms with Crippen LogP contribution in [0.15, 0.2) is 12.3 Å². The van der Waals surface area contributed by atoms with E-state index in [9.17, 15) is 4.79 Å². The molecule has 1 aliphatic carbocycles. The Kier molecular flexibility index (Phi) is 3.01. The van der Waals surface area contributed by atoms with Crippen molar-refractivity contribution in [3.63, 3.8) is 0 Å². The van der Waals surface area contributed by atoms with Gasteiger partial charge >= 0.3 is 0 Å². The van der Waals surface area contributed by atoms with Gasteiger partial charge in [-0.2, -0.15) is 0 Å². The highest BCUT2D eigenvalue weighted by Gasteiger charge is 2.32. The third-order valence-electron chi connectivity index (χ3n) is 2.68. The molecule has 0 spiro atoms. The Bertz CT molecular complexity index is 418. The molecule has 0 saturated heterocycles. The van der Waals surface area contributed by atoms with E-state index in [1.165, 1.54) is 6.20 Å². The van der Waals surface area contributed by atoms with Gasteiger partial charge < -0.3 is 10.6 Å². The largest absolute Gasteiger partial charge is 0.397 e. The standard InChI is InChI=1S/C11H14ClN3O/c1-2-15(8-3-4-8)11(16)9-5-7(13)6-14-10(9)12/h5-6,8H,2-4,13H2,1H3. The predicted molar refractivity (Wildman–Crippen MR) is 63.4 cm³/mol. The molecule has 1 fully saturated rings. The fourth-order valence-corrected chi connectivity index (χ4v) is 1.91. The summed E-state index contributed by atoms with van der Waals surface area (Å²) in [5, 5.41) is 0.221. The first kappa shape index (κ1) is 11.2. The predicted octanol–water partition coefficient (Wildman–Crippen LogP) is 1.94. The maximum atomic E-state index is 12.2. The monoisotopic (exact) mass is 239 g/mol. The van der Waals surface area contributed by atoms with Gasteiger partial charge in [-0.15, -0.1) is 0 Å². The molecule has 1 aromatic rings. The van der Waals surface area contributed by atoms with E-state index in [2.05, 4.69) is 4.98 Å². The van der Waals surface area contributed by atoms with E-state index < -0.39 is 0 Å². The molecule has 0 aliphatic heterocycles. The number of aromatic nitrogens is 1. The number of nitrogen functional groups attached to an aromatic ring is 1. The van der Waals surface area contributed by atoms with E-state index in [-0.39, 0.29) is 11.1 Å². The number of pyridine rings is 1. The van der Waals surface area contributed by atoms with Crippen molar-refractivity contribution in [1.29, 1.82) is 0 Å². The third-order valence-corrected chi connectivity index (χ3v) is 2.98. The molecule has 16 heavy (non-hydrogen) atoms. The van der Waals surface area contributed by atoms with Gasteiger partial charge in [-0.05, 0) is 25.8 Å². The first-order chi connectivity index (χ1) is 7.63. The van der Waals surface area contributed by atoms with Crippen LogP contribution in [0.2, 0.25) is 5.15 Å². The second kappa shape index (κ2) is 4.29. The highest BCUT2D eigenvalue weighted by molar-refractivity contribution is 6.32. The lowest BCUT2D eigenvalue weighted by Crippen LogP contribution is -2.33. The molecule has 5 heteroatoms. The number of halogens is 1. The van der Waals surface area contributed by atoms with Crippen LogP contribution in [-0.2, 0) is 0 Å². The van der Waals surface area contributed by atoms with Crippen molar-refractivity contribution in [2.75, 3.05) is 12.3 Å². The molecule has 0 aromatic carbocycles. The Hall–Kier alpha value is -1.29. The van der Waals surface area contributed by atoms with E-state index in [0.717, 1.165) is 12.8 Å². The Morgan fingerprint density at radius 1 is 1.69 bits per heavy atom. The van der Waals surface area contributed by atoms with Gasteiger partial charge in [0.05, 0.1) is 17.4 Å². The minimum absolute atomic E-state index is 0.0743. The molecular weight excluding hydrogens is 226 g/mol. The SMILES string of the molecule is CCN(C(=O)c1cc(N)cnc1Cl)C1CC1. The Morgan fingerprint density at radius 2 is 2.38 bits per heavy atom. The van der Waals surface area contributed by atoms with Crippen molar-refractivity contribution >= 4 is 23.2 Å². The van der Waals surface area contributed by atoms with Gasteiger partial charge in [0.1, 0.15) is 5.15 Å². The highest BCUT2D eigenvalue weighted by Crippen LogP contribution is 2.29. The average molecular weight is 240 g/mol. The number of hydrogen-bond donors (Lipinski definition) is 1. The summed E-state index contributed by atoms with van der Waals surface area (Å²) in [7, 11) is 0. The van der Waals surface area contributed by atoms with E-state index in [0.29, 0.717) is 23.8 Å². The molecule has 0 unspecified atom stereocenters. The van der Waals surface area contributed by atoms with E-state index in [1.807, 2.05) is 11.8 Å². The maximum absolute atomic E-state index is 12.2. The van der Waals surface area contributed by atoms with Crippen LogP contribution in [0.5, 0.6) is 0 Å². The summed E-state index contributed by atoms with van der Waals surface area (Å²) >= 11 is 5.90. The normalized spacial score (nSPS) is 14.9. The summed E-state index contributed by atoms with van der Waals surface area (Å²) in [6.45, 7) is 2.65. The first-order valence-electron chi connectivity index (χ1n) is 5.35. The lowest BCUT2D eigenvalue weighted by Gasteiger charge is -2.20. The van der Waals surface area contributed by atoms with Crippen LogP contribution >= 0.6 is 11.6 Å². The second-order valence-corrected chi connectivity index (χ2v) is 4.29. The number of nitrogens with two attached hydrogens (primary N) is 1.